The lowest BCUT2D eigenvalue weighted by molar-refractivity contribution is -0.385. The molecule has 0 saturated heterocycles. The van der Waals surface area contributed by atoms with Crippen LogP contribution in [0.3, 0.4) is 0 Å². The van der Waals surface area contributed by atoms with E-state index in [-0.39, 0.29) is 23.9 Å². The molecule has 0 saturated carbocycles. The SMILES string of the molecule is Cc1ccc(C)c(NC(=O)CN(C)C(=O)COc2ccc(C)cc2[N+](=O)[O-])c1. The Kier molecular flexibility index (Phi) is 6.70. The fourth-order valence-electron chi connectivity index (χ4n) is 2.51. The van der Waals surface area contributed by atoms with E-state index in [1.807, 2.05) is 32.0 Å². The molecule has 0 aliphatic heterocycles. The summed E-state index contributed by atoms with van der Waals surface area (Å²) in [6.45, 7) is 4.96. The molecule has 28 heavy (non-hydrogen) atoms. The monoisotopic (exact) mass is 385 g/mol. The number of nitro benzene ring substituents is 1. The number of carbonyl (C=O) groups is 2. The predicted molar refractivity (Wildman–Crippen MR) is 106 cm³/mol. The number of hydrogen-bond donors (Lipinski definition) is 1. The maximum absolute atomic E-state index is 12.2. The molecule has 0 spiro atoms. The highest BCUT2D eigenvalue weighted by Crippen LogP contribution is 2.27. The fraction of sp³-hybridized carbons (Fsp3) is 0.300. The van der Waals surface area contributed by atoms with Gasteiger partial charge < -0.3 is 15.0 Å². The van der Waals surface area contributed by atoms with Crippen molar-refractivity contribution in [2.45, 2.75) is 20.8 Å². The van der Waals surface area contributed by atoms with E-state index >= 15 is 0 Å². The van der Waals surface area contributed by atoms with Crippen LogP contribution in [0.1, 0.15) is 16.7 Å². The second-order valence-electron chi connectivity index (χ2n) is 6.63. The zero-order chi connectivity index (χ0) is 20.8. The molecule has 1 N–H and O–H groups in total. The lowest BCUT2D eigenvalue weighted by Gasteiger charge is -2.18. The van der Waals surface area contributed by atoms with Gasteiger partial charge in [0.05, 0.1) is 11.5 Å². The number of ether oxygens (including phenoxy) is 1. The highest BCUT2D eigenvalue weighted by Gasteiger charge is 2.19. The second kappa shape index (κ2) is 8.98. The molecule has 8 nitrogen and oxygen atoms in total. The van der Waals surface area contributed by atoms with E-state index in [1.165, 1.54) is 24.1 Å². The summed E-state index contributed by atoms with van der Waals surface area (Å²) in [5, 5.41) is 13.9. The number of anilines is 1. The Labute approximate surface area is 163 Å². The van der Waals surface area contributed by atoms with Crippen molar-refractivity contribution in [3.8, 4) is 5.75 Å². The van der Waals surface area contributed by atoms with Crippen LogP contribution in [0.2, 0.25) is 0 Å². The number of benzene rings is 2. The van der Waals surface area contributed by atoms with Crippen molar-refractivity contribution in [3.05, 3.63) is 63.2 Å². The van der Waals surface area contributed by atoms with Gasteiger partial charge in [0.25, 0.3) is 5.91 Å². The van der Waals surface area contributed by atoms with Crippen molar-refractivity contribution in [2.24, 2.45) is 0 Å². The van der Waals surface area contributed by atoms with E-state index in [9.17, 15) is 19.7 Å². The fourth-order valence-corrected chi connectivity index (χ4v) is 2.51. The molecule has 0 radical (unpaired) electrons. The average Bonchev–Trinajstić information content (AvgIpc) is 2.63. The number of nitrogens with one attached hydrogen (secondary N) is 1. The van der Waals surface area contributed by atoms with Crippen molar-refractivity contribution in [3.63, 3.8) is 0 Å². The van der Waals surface area contributed by atoms with Crippen molar-refractivity contribution >= 4 is 23.2 Å². The molecular formula is C20H23N3O5. The molecule has 0 fully saturated rings. The highest BCUT2D eigenvalue weighted by atomic mass is 16.6. The lowest BCUT2D eigenvalue weighted by atomic mass is 10.1. The summed E-state index contributed by atoms with van der Waals surface area (Å²) in [6, 6.07) is 10.2. The Hall–Kier alpha value is -3.42. The lowest BCUT2D eigenvalue weighted by Crippen LogP contribution is -2.37. The minimum Gasteiger partial charge on any atom is -0.477 e. The maximum atomic E-state index is 12.2. The highest BCUT2D eigenvalue weighted by molar-refractivity contribution is 5.95. The van der Waals surface area contributed by atoms with Gasteiger partial charge in [-0.05, 0) is 49.6 Å². The molecule has 2 aromatic carbocycles. The third kappa shape index (κ3) is 5.54. The molecule has 148 valence electrons. The Morgan fingerprint density at radius 1 is 1.11 bits per heavy atom. The predicted octanol–water partition coefficient (Wildman–Crippen LogP) is 3.00. The van der Waals surface area contributed by atoms with Gasteiger partial charge in [-0.1, -0.05) is 18.2 Å². The summed E-state index contributed by atoms with van der Waals surface area (Å²) >= 11 is 0. The summed E-state index contributed by atoms with van der Waals surface area (Å²) in [5.41, 5.74) is 3.13. The molecule has 8 heteroatoms. The molecule has 0 heterocycles. The number of aryl methyl sites for hydroxylation is 3. The van der Waals surface area contributed by atoms with Gasteiger partial charge in [-0.25, -0.2) is 0 Å². The van der Waals surface area contributed by atoms with Crippen LogP contribution in [0.25, 0.3) is 0 Å². The molecule has 0 bridgehead atoms. The van der Waals surface area contributed by atoms with Crippen LogP contribution in [0.4, 0.5) is 11.4 Å². The zero-order valence-electron chi connectivity index (χ0n) is 16.3. The van der Waals surface area contributed by atoms with Gasteiger partial charge in [-0.2, -0.15) is 0 Å². The van der Waals surface area contributed by atoms with Gasteiger partial charge in [-0.3, -0.25) is 19.7 Å². The number of amides is 2. The minimum atomic E-state index is -0.561. The first-order valence-electron chi connectivity index (χ1n) is 8.66. The topological polar surface area (TPSA) is 102 Å². The van der Waals surface area contributed by atoms with Gasteiger partial charge in [0.1, 0.15) is 0 Å². The van der Waals surface area contributed by atoms with Gasteiger partial charge >= 0.3 is 5.69 Å². The molecule has 0 aliphatic carbocycles. The minimum absolute atomic E-state index is 0.0113. The van der Waals surface area contributed by atoms with E-state index in [1.54, 1.807) is 13.0 Å². The Morgan fingerprint density at radius 3 is 2.43 bits per heavy atom. The molecular weight excluding hydrogens is 362 g/mol. The van der Waals surface area contributed by atoms with Crippen LogP contribution in [0.5, 0.6) is 5.75 Å². The molecule has 0 aliphatic rings. The second-order valence-corrected chi connectivity index (χ2v) is 6.63. The number of carbonyl (C=O) groups excluding carboxylic acids is 2. The maximum Gasteiger partial charge on any atom is 0.311 e. The smallest absolute Gasteiger partial charge is 0.311 e. The van der Waals surface area contributed by atoms with Crippen molar-refractivity contribution in [1.29, 1.82) is 0 Å². The molecule has 0 atom stereocenters. The van der Waals surface area contributed by atoms with Gasteiger partial charge in [0.15, 0.2) is 12.4 Å². The summed E-state index contributed by atoms with van der Waals surface area (Å²) in [7, 11) is 1.47. The quantitative estimate of drug-likeness (QED) is 0.583. The third-order valence-electron chi connectivity index (χ3n) is 4.14. The van der Waals surface area contributed by atoms with Gasteiger partial charge in [-0.15, -0.1) is 0 Å². The van der Waals surface area contributed by atoms with Gasteiger partial charge in [0.2, 0.25) is 5.91 Å². The Bertz CT molecular complexity index is 911. The number of rotatable bonds is 7. The summed E-state index contributed by atoms with van der Waals surface area (Å²) in [4.78, 5) is 36.2. The van der Waals surface area contributed by atoms with Crippen molar-refractivity contribution in [1.82, 2.24) is 4.90 Å². The molecule has 2 rings (SSSR count). The normalized spacial score (nSPS) is 10.3. The van der Waals surface area contributed by atoms with Gasteiger partial charge in [0, 0.05) is 18.8 Å². The summed E-state index contributed by atoms with van der Waals surface area (Å²) in [6.07, 6.45) is 0. The third-order valence-corrected chi connectivity index (χ3v) is 4.14. The number of nitrogens with zero attached hydrogens (tertiary/aromatic N) is 2. The van der Waals surface area contributed by atoms with E-state index in [0.717, 1.165) is 11.1 Å². The van der Waals surface area contributed by atoms with E-state index in [4.69, 9.17) is 4.74 Å². The summed E-state index contributed by atoms with van der Waals surface area (Å²) in [5.74, 6) is -0.797. The first-order valence-corrected chi connectivity index (χ1v) is 8.66. The molecule has 2 aromatic rings. The number of likely N-dealkylation sites (N-methyl/N-ethyl adjacent to an activating group) is 1. The van der Waals surface area contributed by atoms with Crippen LogP contribution >= 0.6 is 0 Å². The first kappa shape index (κ1) is 20.9. The largest absolute Gasteiger partial charge is 0.477 e. The molecule has 0 aromatic heterocycles. The van der Waals surface area contributed by atoms with Crippen LogP contribution in [-0.4, -0.2) is 41.8 Å². The van der Waals surface area contributed by atoms with Crippen LogP contribution in [0.15, 0.2) is 36.4 Å². The van der Waals surface area contributed by atoms with Crippen LogP contribution in [-0.2, 0) is 9.59 Å². The standard InChI is InChI=1S/C20H23N3O5/c1-13-5-7-15(3)16(9-13)21-19(24)11-22(4)20(25)12-28-18-8-6-14(2)10-17(18)23(26)27/h5-10H,11-12H2,1-4H3,(H,21,24). The molecule has 0 unspecified atom stereocenters. The van der Waals surface area contributed by atoms with E-state index in [2.05, 4.69) is 5.32 Å². The van der Waals surface area contributed by atoms with E-state index in [0.29, 0.717) is 11.3 Å². The zero-order valence-corrected chi connectivity index (χ0v) is 16.3. The number of nitro groups is 1. The van der Waals surface area contributed by atoms with Crippen molar-refractivity contribution in [2.75, 3.05) is 25.5 Å². The first-order chi connectivity index (χ1) is 13.2. The average molecular weight is 385 g/mol. The molecule has 2 amide bonds. The number of hydrogen-bond acceptors (Lipinski definition) is 5. The Morgan fingerprint density at radius 2 is 1.75 bits per heavy atom. The van der Waals surface area contributed by atoms with Crippen LogP contribution < -0.4 is 10.1 Å². The van der Waals surface area contributed by atoms with E-state index < -0.39 is 17.4 Å². The van der Waals surface area contributed by atoms with Crippen molar-refractivity contribution < 1.29 is 19.2 Å². The summed E-state index contributed by atoms with van der Waals surface area (Å²) < 4.78 is 5.31. The Balaban J connectivity index is 1.93. The van der Waals surface area contributed by atoms with Crippen LogP contribution in [0, 0.1) is 30.9 Å².